The Labute approximate surface area is 155 Å². The van der Waals surface area contributed by atoms with Crippen LogP contribution in [0.4, 0.5) is 0 Å². The lowest BCUT2D eigenvalue weighted by molar-refractivity contribution is 0.395. The van der Waals surface area contributed by atoms with Gasteiger partial charge in [-0.05, 0) is 35.7 Å². The van der Waals surface area contributed by atoms with Crippen LogP contribution in [0.1, 0.15) is 22.4 Å². The van der Waals surface area contributed by atoms with E-state index < -0.39 is 10.0 Å². The van der Waals surface area contributed by atoms with Gasteiger partial charge < -0.3 is 4.57 Å². The van der Waals surface area contributed by atoms with Crippen molar-refractivity contribution in [2.24, 2.45) is 0 Å². The predicted octanol–water partition coefficient (Wildman–Crippen LogP) is 3.81. The smallest absolute Gasteiger partial charge is 0.211 e. The molecular weight excluding hydrogens is 344 g/mol. The summed E-state index contributed by atoms with van der Waals surface area (Å²) in [6.07, 6.45) is 3.27. The van der Waals surface area contributed by atoms with Gasteiger partial charge in [-0.2, -0.15) is 4.31 Å². The van der Waals surface area contributed by atoms with Crippen LogP contribution in [-0.4, -0.2) is 23.5 Å². The number of aromatic nitrogens is 1. The van der Waals surface area contributed by atoms with E-state index in [1.165, 1.54) is 21.7 Å². The highest BCUT2D eigenvalue weighted by atomic mass is 32.2. The van der Waals surface area contributed by atoms with E-state index in [1.807, 2.05) is 60.8 Å². The van der Waals surface area contributed by atoms with Gasteiger partial charge in [0.1, 0.15) is 0 Å². The van der Waals surface area contributed by atoms with Crippen LogP contribution in [0.15, 0.2) is 72.9 Å². The maximum Gasteiger partial charge on any atom is 0.211 e. The fourth-order valence-electron chi connectivity index (χ4n) is 2.98. The Morgan fingerprint density at radius 1 is 0.885 bits per heavy atom. The van der Waals surface area contributed by atoms with Gasteiger partial charge in [-0.25, -0.2) is 8.42 Å². The summed E-state index contributed by atoms with van der Waals surface area (Å²) in [5.41, 5.74) is 4.43. The molecule has 0 saturated heterocycles. The molecule has 0 amide bonds. The average Bonchev–Trinajstić information content (AvgIpc) is 3.03. The summed E-state index contributed by atoms with van der Waals surface area (Å²) in [6.45, 7) is 3.55. The summed E-state index contributed by atoms with van der Waals surface area (Å²) in [7, 11) is -3.32. The van der Waals surface area contributed by atoms with Crippen molar-refractivity contribution in [2.45, 2.75) is 26.6 Å². The third-order valence-corrected chi connectivity index (χ3v) is 5.73. The second-order valence-electron chi connectivity index (χ2n) is 6.57. The van der Waals surface area contributed by atoms with Crippen molar-refractivity contribution in [3.8, 4) is 0 Å². The first-order valence-corrected chi connectivity index (χ1v) is 10.5. The Bertz CT molecular complexity index is 962. The third kappa shape index (κ3) is 4.62. The lowest BCUT2D eigenvalue weighted by Crippen LogP contribution is -2.30. The highest BCUT2D eigenvalue weighted by molar-refractivity contribution is 7.88. The minimum Gasteiger partial charge on any atom is -0.346 e. The quantitative estimate of drug-likeness (QED) is 0.636. The summed E-state index contributed by atoms with van der Waals surface area (Å²) < 4.78 is 28.2. The minimum absolute atomic E-state index is 0.354. The number of hydrogen-bond donors (Lipinski definition) is 0. The predicted molar refractivity (Wildman–Crippen MR) is 105 cm³/mol. The maximum absolute atomic E-state index is 12.3. The largest absolute Gasteiger partial charge is 0.346 e. The Morgan fingerprint density at radius 3 is 2.27 bits per heavy atom. The molecule has 0 spiro atoms. The van der Waals surface area contributed by atoms with E-state index in [4.69, 9.17) is 0 Å². The van der Waals surface area contributed by atoms with Crippen molar-refractivity contribution < 1.29 is 8.42 Å². The molecule has 136 valence electrons. The van der Waals surface area contributed by atoms with E-state index in [1.54, 1.807) is 0 Å². The van der Waals surface area contributed by atoms with Gasteiger partial charge in [-0.1, -0.05) is 54.6 Å². The molecule has 0 fully saturated rings. The summed E-state index contributed by atoms with van der Waals surface area (Å²) >= 11 is 0. The van der Waals surface area contributed by atoms with E-state index in [0.29, 0.717) is 13.1 Å². The van der Waals surface area contributed by atoms with Crippen LogP contribution < -0.4 is 0 Å². The first kappa shape index (κ1) is 18.4. The average molecular weight is 369 g/mol. The Hall–Kier alpha value is -2.37. The van der Waals surface area contributed by atoms with Gasteiger partial charge in [-0.3, -0.25) is 0 Å². The van der Waals surface area contributed by atoms with Gasteiger partial charge in [-0.15, -0.1) is 0 Å². The first-order chi connectivity index (χ1) is 12.4. The zero-order valence-corrected chi connectivity index (χ0v) is 16.0. The van der Waals surface area contributed by atoms with Crippen molar-refractivity contribution in [1.29, 1.82) is 0 Å². The summed E-state index contributed by atoms with van der Waals surface area (Å²) in [6, 6.07) is 21.9. The molecule has 0 saturated carbocycles. The highest BCUT2D eigenvalue weighted by Crippen LogP contribution is 2.16. The lowest BCUT2D eigenvalue weighted by Gasteiger charge is -2.21. The van der Waals surface area contributed by atoms with Crippen LogP contribution in [-0.2, 0) is 29.7 Å². The number of rotatable bonds is 7. The van der Waals surface area contributed by atoms with Crippen molar-refractivity contribution in [3.05, 3.63) is 95.3 Å². The van der Waals surface area contributed by atoms with Crippen molar-refractivity contribution in [3.63, 3.8) is 0 Å². The molecule has 0 atom stereocenters. The summed E-state index contributed by atoms with van der Waals surface area (Å²) in [4.78, 5) is 0. The summed E-state index contributed by atoms with van der Waals surface area (Å²) in [5.74, 6) is 0. The number of nitrogens with zero attached hydrogens (tertiary/aromatic N) is 2. The van der Waals surface area contributed by atoms with E-state index >= 15 is 0 Å². The van der Waals surface area contributed by atoms with Crippen molar-refractivity contribution >= 4 is 10.0 Å². The van der Waals surface area contributed by atoms with Gasteiger partial charge in [0.25, 0.3) is 0 Å². The normalized spacial score (nSPS) is 11.8. The van der Waals surface area contributed by atoms with Crippen LogP contribution in [0, 0.1) is 6.92 Å². The molecule has 26 heavy (non-hydrogen) atoms. The van der Waals surface area contributed by atoms with Gasteiger partial charge >= 0.3 is 0 Å². The Balaban J connectivity index is 1.82. The SMILES string of the molecule is Cc1ccccc1Cn1cccc1CN(Cc1ccccc1)S(C)(=O)=O. The second kappa shape index (κ2) is 7.89. The number of benzene rings is 2. The maximum atomic E-state index is 12.3. The standard InChI is InChI=1S/C21H24N2O2S/c1-18-9-6-7-12-20(18)16-22-14-8-13-21(22)17-23(26(2,24)25)15-19-10-4-3-5-11-19/h3-14H,15-17H2,1-2H3. The van der Waals surface area contributed by atoms with Crippen LogP contribution in [0.5, 0.6) is 0 Å². The van der Waals surface area contributed by atoms with E-state index in [2.05, 4.69) is 23.6 Å². The fraction of sp³-hybridized carbons (Fsp3) is 0.238. The molecular formula is C21H24N2O2S. The molecule has 0 unspecified atom stereocenters. The molecule has 3 rings (SSSR count). The van der Waals surface area contributed by atoms with Crippen LogP contribution >= 0.6 is 0 Å². The molecule has 1 heterocycles. The van der Waals surface area contributed by atoms with Crippen molar-refractivity contribution in [2.75, 3.05) is 6.26 Å². The molecule has 0 aliphatic rings. The summed E-state index contributed by atoms with van der Waals surface area (Å²) in [5, 5.41) is 0. The second-order valence-corrected chi connectivity index (χ2v) is 8.55. The molecule has 5 heteroatoms. The van der Waals surface area contributed by atoms with Crippen LogP contribution in [0.3, 0.4) is 0 Å². The Morgan fingerprint density at radius 2 is 1.58 bits per heavy atom. The molecule has 0 aliphatic heterocycles. The van der Waals surface area contributed by atoms with Crippen molar-refractivity contribution in [1.82, 2.24) is 8.87 Å². The van der Waals surface area contributed by atoms with Gasteiger partial charge in [0.15, 0.2) is 0 Å². The fourth-order valence-corrected chi connectivity index (χ4v) is 3.73. The number of aryl methyl sites for hydroxylation is 1. The third-order valence-electron chi connectivity index (χ3n) is 4.53. The van der Waals surface area contributed by atoms with E-state index in [0.717, 1.165) is 17.8 Å². The molecule has 4 nitrogen and oxygen atoms in total. The van der Waals surface area contributed by atoms with Crippen LogP contribution in [0.2, 0.25) is 0 Å². The van der Waals surface area contributed by atoms with E-state index in [9.17, 15) is 8.42 Å². The zero-order chi connectivity index (χ0) is 18.6. The first-order valence-electron chi connectivity index (χ1n) is 8.61. The molecule has 2 aromatic carbocycles. The van der Waals surface area contributed by atoms with E-state index in [-0.39, 0.29) is 0 Å². The molecule has 0 bridgehead atoms. The van der Waals surface area contributed by atoms with Gasteiger partial charge in [0.2, 0.25) is 10.0 Å². The highest BCUT2D eigenvalue weighted by Gasteiger charge is 2.19. The molecule has 1 aromatic heterocycles. The molecule has 0 aliphatic carbocycles. The molecule has 3 aromatic rings. The minimum atomic E-state index is -3.32. The number of hydrogen-bond acceptors (Lipinski definition) is 2. The van der Waals surface area contributed by atoms with Gasteiger partial charge in [0.05, 0.1) is 12.8 Å². The molecule has 0 N–H and O–H groups in total. The van der Waals surface area contributed by atoms with Gasteiger partial charge in [0, 0.05) is 25.0 Å². The molecule has 0 radical (unpaired) electrons. The number of sulfonamides is 1. The lowest BCUT2D eigenvalue weighted by atomic mass is 10.1. The zero-order valence-electron chi connectivity index (χ0n) is 15.2. The monoisotopic (exact) mass is 368 g/mol. The Kier molecular flexibility index (Phi) is 5.59. The topological polar surface area (TPSA) is 42.3 Å². The van der Waals surface area contributed by atoms with Crippen LogP contribution in [0.25, 0.3) is 0 Å².